The van der Waals surface area contributed by atoms with Crippen LogP contribution >= 0.6 is 23.2 Å². The highest BCUT2D eigenvalue weighted by molar-refractivity contribution is 6.35. The Morgan fingerprint density at radius 3 is 2.93 bits per heavy atom. The molecule has 0 fully saturated rings. The number of pyridine rings is 1. The molecule has 0 atom stereocenters. The maximum Gasteiger partial charge on any atom is 0.252 e. The van der Waals surface area contributed by atoms with Crippen LogP contribution in [-0.2, 0) is 0 Å². The first-order chi connectivity index (χ1) is 7.15. The minimum atomic E-state index is -0.266. The highest BCUT2D eigenvalue weighted by atomic mass is 35.5. The van der Waals surface area contributed by atoms with Crippen LogP contribution in [0.4, 0.5) is 0 Å². The van der Waals surface area contributed by atoms with Crippen molar-refractivity contribution in [3.05, 3.63) is 28.0 Å². The smallest absolute Gasteiger partial charge is 0.252 e. The van der Waals surface area contributed by atoms with Gasteiger partial charge in [-0.3, -0.25) is 4.79 Å². The normalized spacial score (nSPS) is 10.1. The minimum absolute atomic E-state index is 0.239. The lowest BCUT2D eigenvalue weighted by molar-refractivity contribution is 0.0953. The van der Waals surface area contributed by atoms with E-state index in [0.29, 0.717) is 18.7 Å². The number of hydrogen-bond donors (Lipinski definition) is 2. The summed E-state index contributed by atoms with van der Waals surface area (Å²) in [5, 5.41) is 3.20. The van der Waals surface area contributed by atoms with Crippen LogP contribution in [0.5, 0.6) is 0 Å². The Labute approximate surface area is 97.8 Å². The van der Waals surface area contributed by atoms with Crippen LogP contribution in [-0.4, -0.2) is 24.0 Å². The molecule has 6 heteroatoms. The second kappa shape index (κ2) is 5.90. The number of nitrogens with two attached hydrogens (primary N) is 1. The van der Waals surface area contributed by atoms with Crippen molar-refractivity contribution in [2.45, 2.75) is 6.42 Å². The zero-order valence-electron chi connectivity index (χ0n) is 7.96. The van der Waals surface area contributed by atoms with E-state index in [0.717, 1.165) is 6.42 Å². The zero-order valence-corrected chi connectivity index (χ0v) is 9.48. The van der Waals surface area contributed by atoms with E-state index in [2.05, 4.69) is 10.3 Å². The van der Waals surface area contributed by atoms with Gasteiger partial charge in [0.15, 0.2) is 0 Å². The lowest BCUT2D eigenvalue weighted by Crippen LogP contribution is -2.26. The number of hydrogen-bond acceptors (Lipinski definition) is 3. The van der Waals surface area contributed by atoms with Crippen molar-refractivity contribution in [3.8, 4) is 0 Å². The molecule has 0 aliphatic rings. The zero-order chi connectivity index (χ0) is 11.3. The average molecular weight is 248 g/mol. The molecule has 3 N–H and O–H groups in total. The third-order valence-electron chi connectivity index (χ3n) is 1.73. The Hall–Kier alpha value is -0.840. The molecule has 0 radical (unpaired) electrons. The van der Waals surface area contributed by atoms with Crippen LogP contribution in [0, 0.1) is 0 Å². The van der Waals surface area contributed by atoms with E-state index in [-0.39, 0.29) is 16.1 Å². The van der Waals surface area contributed by atoms with Crippen molar-refractivity contribution in [3.63, 3.8) is 0 Å². The van der Waals surface area contributed by atoms with Crippen molar-refractivity contribution < 1.29 is 4.79 Å². The number of carbonyl (C=O) groups excluding carboxylic acids is 1. The number of nitrogens with zero attached hydrogens (tertiary/aromatic N) is 1. The molecule has 1 aromatic rings. The maximum atomic E-state index is 11.6. The molecule has 0 aromatic carbocycles. The molecule has 1 amide bonds. The molecular weight excluding hydrogens is 237 g/mol. The number of rotatable bonds is 4. The fraction of sp³-hybridized carbons (Fsp3) is 0.333. The van der Waals surface area contributed by atoms with Gasteiger partial charge in [0.05, 0.1) is 10.6 Å². The number of carbonyl (C=O) groups is 1. The van der Waals surface area contributed by atoms with E-state index in [9.17, 15) is 4.79 Å². The summed E-state index contributed by atoms with van der Waals surface area (Å²) in [5.41, 5.74) is 5.63. The number of halogens is 2. The Morgan fingerprint density at radius 1 is 1.53 bits per heavy atom. The first-order valence-corrected chi connectivity index (χ1v) is 5.20. The molecule has 4 nitrogen and oxygen atoms in total. The Bertz CT molecular complexity index is 357. The van der Waals surface area contributed by atoms with Gasteiger partial charge in [-0.25, -0.2) is 4.98 Å². The maximum absolute atomic E-state index is 11.6. The van der Waals surface area contributed by atoms with Gasteiger partial charge in [-0.2, -0.15) is 0 Å². The predicted molar refractivity (Wildman–Crippen MR) is 60.3 cm³/mol. The van der Waals surface area contributed by atoms with E-state index in [4.69, 9.17) is 28.9 Å². The van der Waals surface area contributed by atoms with Gasteiger partial charge in [-0.15, -0.1) is 0 Å². The van der Waals surface area contributed by atoms with Crippen molar-refractivity contribution in [1.29, 1.82) is 0 Å². The lowest BCUT2D eigenvalue weighted by atomic mass is 10.2. The molecule has 0 aliphatic heterocycles. The molecular formula is C9H11Cl2N3O. The Morgan fingerprint density at radius 2 is 2.27 bits per heavy atom. The summed E-state index contributed by atoms with van der Waals surface area (Å²) in [5.74, 6) is -0.266. The van der Waals surface area contributed by atoms with Crippen molar-refractivity contribution in [1.82, 2.24) is 10.3 Å². The van der Waals surface area contributed by atoms with Gasteiger partial charge in [0.25, 0.3) is 5.91 Å². The summed E-state index contributed by atoms with van der Waals surface area (Å²) < 4.78 is 0. The predicted octanol–water partition coefficient (Wildman–Crippen LogP) is 1.47. The fourth-order valence-corrected chi connectivity index (χ4v) is 1.33. The molecule has 0 spiro atoms. The van der Waals surface area contributed by atoms with Crippen LogP contribution < -0.4 is 11.1 Å². The van der Waals surface area contributed by atoms with Crippen LogP contribution in [0.2, 0.25) is 10.2 Å². The topological polar surface area (TPSA) is 68.0 Å². The van der Waals surface area contributed by atoms with Crippen molar-refractivity contribution in [2.75, 3.05) is 13.1 Å². The number of amides is 1. The third-order valence-corrected chi connectivity index (χ3v) is 2.24. The van der Waals surface area contributed by atoms with E-state index in [1.54, 1.807) is 0 Å². The second-order valence-electron chi connectivity index (χ2n) is 2.89. The molecule has 0 bridgehead atoms. The summed E-state index contributed by atoms with van der Waals surface area (Å²) in [6, 6.07) is 1.43. The molecule has 0 saturated heterocycles. The summed E-state index contributed by atoms with van der Waals surface area (Å²) in [4.78, 5) is 15.3. The summed E-state index contributed by atoms with van der Waals surface area (Å²) in [6.07, 6.45) is 2.07. The highest BCUT2D eigenvalue weighted by Crippen LogP contribution is 2.17. The lowest BCUT2D eigenvalue weighted by Gasteiger charge is -2.05. The molecule has 0 aliphatic carbocycles. The number of aromatic nitrogens is 1. The van der Waals surface area contributed by atoms with E-state index >= 15 is 0 Å². The largest absolute Gasteiger partial charge is 0.352 e. The van der Waals surface area contributed by atoms with Gasteiger partial charge in [-0.1, -0.05) is 23.2 Å². The highest BCUT2D eigenvalue weighted by Gasteiger charge is 2.10. The van der Waals surface area contributed by atoms with E-state index in [1.165, 1.54) is 12.3 Å². The molecule has 0 saturated carbocycles. The molecule has 1 rings (SSSR count). The summed E-state index contributed by atoms with van der Waals surface area (Å²) >= 11 is 11.4. The summed E-state index contributed by atoms with van der Waals surface area (Å²) in [7, 11) is 0. The molecule has 1 heterocycles. The van der Waals surface area contributed by atoms with Crippen LogP contribution in [0.1, 0.15) is 16.8 Å². The van der Waals surface area contributed by atoms with Crippen molar-refractivity contribution >= 4 is 29.1 Å². The van der Waals surface area contributed by atoms with E-state index < -0.39 is 0 Å². The SMILES string of the molecule is NCCCNC(=O)c1cc(Cl)ncc1Cl. The molecule has 15 heavy (non-hydrogen) atoms. The van der Waals surface area contributed by atoms with E-state index in [1.807, 2.05) is 0 Å². The monoisotopic (exact) mass is 247 g/mol. The molecule has 1 aromatic heterocycles. The quantitative estimate of drug-likeness (QED) is 0.626. The van der Waals surface area contributed by atoms with Crippen LogP contribution in [0.25, 0.3) is 0 Å². The third kappa shape index (κ3) is 3.66. The van der Waals surface area contributed by atoms with Gasteiger partial charge in [0.1, 0.15) is 5.15 Å². The van der Waals surface area contributed by atoms with Gasteiger partial charge >= 0.3 is 0 Å². The Balaban J connectivity index is 2.68. The first kappa shape index (κ1) is 12.2. The van der Waals surface area contributed by atoms with Gasteiger partial charge in [0.2, 0.25) is 0 Å². The Kier molecular flexibility index (Phi) is 4.81. The summed E-state index contributed by atoms with van der Waals surface area (Å²) in [6.45, 7) is 1.05. The minimum Gasteiger partial charge on any atom is -0.352 e. The molecule has 0 unspecified atom stereocenters. The number of nitrogens with one attached hydrogen (secondary N) is 1. The second-order valence-corrected chi connectivity index (χ2v) is 3.68. The van der Waals surface area contributed by atoms with Gasteiger partial charge < -0.3 is 11.1 Å². The fourth-order valence-electron chi connectivity index (χ4n) is 0.986. The van der Waals surface area contributed by atoms with Gasteiger partial charge in [-0.05, 0) is 19.0 Å². The first-order valence-electron chi connectivity index (χ1n) is 4.44. The van der Waals surface area contributed by atoms with Crippen LogP contribution in [0.3, 0.4) is 0 Å². The molecule has 82 valence electrons. The van der Waals surface area contributed by atoms with Crippen molar-refractivity contribution in [2.24, 2.45) is 5.73 Å². The standard InChI is InChI=1S/C9H11Cl2N3O/c10-7-5-14-8(11)4-6(7)9(15)13-3-1-2-12/h4-5H,1-3,12H2,(H,13,15). The van der Waals surface area contributed by atoms with Crippen LogP contribution in [0.15, 0.2) is 12.3 Å². The average Bonchev–Trinajstić information content (AvgIpc) is 2.22. The van der Waals surface area contributed by atoms with Gasteiger partial charge in [0, 0.05) is 12.7 Å².